The van der Waals surface area contributed by atoms with Gasteiger partial charge in [0.15, 0.2) is 0 Å². The average Bonchev–Trinajstić information content (AvgIpc) is 2.46. The summed E-state index contributed by atoms with van der Waals surface area (Å²) in [5.74, 6) is 0.692. The van der Waals surface area contributed by atoms with Gasteiger partial charge >= 0.3 is 0 Å². The van der Waals surface area contributed by atoms with E-state index in [9.17, 15) is 10.2 Å². The maximum Gasteiger partial charge on any atom is 0.119 e. The largest absolute Gasteiger partial charge is 0.508 e. The molecule has 0 saturated carbocycles. The molecule has 0 bridgehead atoms. The molecule has 0 amide bonds. The number of rotatable bonds is 9. The minimum absolute atomic E-state index is 0.346. The van der Waals surface area contributed by atoms with E-state index in [0.29, 0.717) is 22.3 Å². The van der Waals surface area contributed by atoms with Gasteiger partial charge in [-0.15, -0.1) is 0 Å². The smallest absolute Gasteiger partial charge is 0.119 e. The van der Waals surface area contributed by atoms with Crippen LogP contribution in [0.1, 0.15) is 97.6 Å². The van der Waals surface area contributed by atoms with E-state index in [1.807, 2.05) is 0 Å². The van der Waals surface area contributed by atoms with Gasteiger partial charge in [0.25, 0.3) is 0 Å². The standard InChI is InChI=1S/C23H40O2/c1-22(2,3)16-10-7-8-12-18-19(21(25)15-14-20(18)24)13-9-11-17-23(4,5)6/h14-15,24-25H,7-13,16-17H2,1-6H3. The Bertz CT molecular complexity index is 518. The first-order valence-corrected chi connectivity index (χ1v) is 10.0. The van der Waals surface area contributed by atoms with Gasteiger partial charge in [-0.3, -0.25) is 0 Å². The van der Waals surface area contributed by atoms with Crippen LogP contribution < -0.4 is 0 Å². The van der Waals surface area contributed by atoms with Crippen molar-refractivity contribution in [2.24, 2.45) is 10.8 Å². The van der Waals surface area contributed by atoms with Gasteiger partial charge in [0, 0.05) is 11.1 Å². The fourth-order valence-corrected chi connectivity index (χ4v) is 3.32. The van der Waals surface area contributed by atoms with Crippen LogP contribution in [0.4, 0.5) is 0 Å². The van der Waals surface area contributed by atoms with Gasteiger partial charge in [-0.25, -0.2) is 0 Å². The minimum atomic E-state index is 0.346. The predicted octanol–water partition coefficient (Wildman–Crippen LogP) is 7.01. The van der Waals surface area contributed by atoms with Gasteiger partial charge in [-0.05, 0) is 61.5 Å². The summed E-state index contributed by atoms with van der Waals surface area (Å²) >= 11 is 0. The molecule has 0 unspecified atom stereocenters. The zero-order valence-corrected chi connectivity index (χ0v) is 17.4. The van der Waals surface area contributed by atoms with Crippen molar-refractivity contribution in [3.63, 3.8) is 0 Å². The minimum Gasteiger partial charge on any atom is -0.508 e. The molecule has 0 fully saturated rings. The third kappa shape index (κ3) is 9.18. The van der Waals surface area contributed by atoms with Crippen LogP contribution in [0.5, 0.6) is 11.5 Å². The van der Waals surface area contributed by atoms with Crippen molar-refractivity contribution in [2.45, 2.75) is 99.3 Å². The number of unbranched alkanes of at least 4 members (excludes halogenated alkanes) is 3. The van der Waals surface area contributed by atoms with Crippen molar-refractivity contribution >= 4 is 0 Å². The SMILES string of the molecule is CC(C)(C)CCCCCc1c(O)ccc(O)c1CCCCC(C)(C)C. The highest BCUT2D eigenvalue weighted by Crippen LogP contribution is 2.33. The average molecular weight is 349 g/mol. The molecule has 144 valence electrons. The van der Waals surface area contributed by atoms with Gasteiger partial charge < -0.3 is 10.2 Å². The Morgan fingerprint density at radius 1 is 0.600 bits per heavy atom. The number of aromatic hydroxyl groups is 2. The molecule has 1 rings (SSSR count). The van der Waals surface area contributed by atoms with Gasteiger partial charge in [-0.1, -0.05) is 60.8 Å². The normalized spacial score (nSPS) is 12.6. The molecule has 0 saturated heterocycles. The molecule has 0 aliphatic carbocycles. The highest BCUT2D eigenvalue weighted by Gasteiger charge is 2.15. The summed E-state index contributed by atoms with van der Waals surface area (Å²) in [4.78, 5) is 0. The molecule has 2 N–H and O–H groups in total. The molecule has 1 aromatic carbocycles. The van der Waals surface area contributed by atoms with Crippen molar-refractivity contribution in [1.82, 2.24) is 0 Å². The van der Waals surface area contributed by atoms with E-state index in [1.165, 1.54) is 25.7 Å². The number of benzene rings is 1. The van der Waals surface area contributed by atoms with Crippen molar-refractivity contribution in [3.05, 3.63) is 23.3 Å². The Morgan fingerprint density at radius 3 is 1.36 bits per heavy atom. The lowest BCUT2D eigenvalue weighted by Gasteiger charge is -2.19. The Morgan fingerprint density at radius 2 is 0.960 bits per heavy atom. The number of phenolic OH excluding ortho intramolecular Hbond substituents is 2. The van der Waals surface area contributed by atoms with Crippen molar-refractivity contribution in [1.29, 1.82) is 0 Å². The van der Waals surface area contributed by atoms with Crippen LogP contribution in [-0.2, 0) is 12.8 Å². The quantitative estimate of drug-likeness (QED) is 0.372. The zero-order chi connectivity index (χ0) is 19.1. The fourth-order valence-electron chi connectivity index (χ4n) is 3.32. The molecule has 0 heterocycles. The maximum atomic E-state index is 10.3. The predicted molar refractivity (Wildman–Crippen MR) is 108 cm³/mol. The molecular formula is C23H40O2. The zero-order valence-electron chi connectivity index (χ0n) is 17.4. The van der Waals surface area contributed by atoms with Crippen LogP contribution in [0.15, 0.2) is 12.1 Å². The molecule has 0 aliphatic heterocycles. The van der Waals surface area contributed by atoms with E-state index in [2.05, 4.69) is 41.5 Å². The summed E-state index contributed by atoms with van der Waals surface area (Å²) in [6.07, 6.45) is 9.83. The van der Waals surface area contributed by atoms with Gasteiger partial charge in [0.2, 0.25) is 0 Å². The van der Waals surface area contributed by atoms with Crippen molar-refractivity contribution < 1.29 is 10.2 Å². The lowest BCUT2D eigenvalue weighted by Crippen LogP contribution is -2.05. The van der Waals surface area contributed by atoms with E-state index >= 15 is 0 Å². The van der Waals surface area contributed by atoms with Gasteiger partial charge in [0.05, 0.1) is 0 Å². The molecule has 0 radical (unpaired) electrons. The Labute approximate surface area is 155 Å². The highest BCUT2D eigenvalue weighted by atomic mass is 16.3. The summed E-state index contributed by atoms with van der Waals surface area (Å²) in [5.41, 5.74) is 2.68. The Balaban J connectivity index is 2.58. The van der Waals surface area contributed by atoms with Crippen LogP contribution in [0.25, 0.3) is 0 Å². The van der Waals surface area contributed by atoms with Crippen LogP contribution >= 0.6 is 0 Å². The Hall–Kier alpha value is -1.18. The van der Waals surface area contributed by atoms with E-state index in [0.717, 1.165) is 43.2 Å². The molecule has 25 heavy (non-hydrogen) atoms. The molecule has 0 aromatic heterocycles. The first-order chi connectivity index (χ1) is 11.5. The Kier molecular flexibility index (Phi) is 8.31. The molecular weight excluding hydrogens is 308 g/mol. The topological polar surface area (TPSA) is 40.5 Å². The molecule has 2 heteroatoms. The second-order valence-electron chi connectivity index (χ2n) is 9.95. The third-order valence-corrected chi connectivity index (χ3v) is 4.84. The van der Waals surface area contributed by atoms with Crippen LogP contribution in [-0.4, -0.2) is 10.2 Å². The first kappa shape index (κ1) is 21.9. The summed E-state index contributed by atoms with van der Waals surface area (Å²) in [5, 5.41) is 20.5. The van der Waals surface area contributed by atoms with E-state index < -0.39 is 0 Å². The van der Waals surface area contributed by atoms with Crippen LogP contribution in [0.2, 0.25) is 0 Å². The second kappa shape index (κ2) is 9.50. The summed E-state index contributed by atoms with van der Waals surface area (Å²) in [6.45, 7) is 13.6. The molecule has 1 aromatic rings. The van der Waals surface area contributed by atoms with Crippen LogP contribution in [0, 0.1) is 10.8 Å². The van der Waals surface area contributed by atoms with E-state index in [4.69, 9.17) is 0 Å². The van der Waals surface area contributed by atoms with Gasteiger partial charge in [0.1, 0.15) is 11.5 Å². The number of hydrogen-bond donors (Lipinski definition) is 2. The maximum absolute atomic E-state index is 10.3. The summed E-state index contributed by atoms with van der Waals surface area (Å²) in [6, 6.07) is 3.27. The second-order valence-corrected chi connectivity index (χ2v) is 9.95. The molecule has 0 atom stereocenters. The van der Waals surface area contributed by atoms with E-state index in [1.54, 1.807) is 12.1 Å². The molecule has 0 aliphatic rings. The highest BCUT2D eigenvalue weighted by molar-refractivity contribution is 5.47. The van der Waals surface area contributed by atoms with Crippen molar-refractivity contribution in [3.8, 4) is 11.5 Å². The van der Waals surface area contributed by atoms with Gasteiger partial charge in [-0.2, -0.15) is 0 Å². The lowest BCUT2D eigenvalue weighted by molar-refractivity contribution is 0.357. The molecule has 2 nitrogen and oxygen atoms in total. The summed E-state index contributed by atoms with van der Waals surface area (Å²) < 4.78 is 0. The summed E-state index contributed by atoms with van der Waals surface area (Å²) in [7, 11) is 0. The monoisotopic (exact) mass is 348 g/mol. The van der Waals surface area contributed by atoms with E-state index in [-0.39, 0.29) is 0 Å². The number of hydrogen-bond acceptors (Lipinski definition) is 2. The van der Waals surface area contributed by atoms with Crippen LogP contribution in [0.3, 0.4) is 0 Å². The third-order valence-electron chi connectivity index (χ3n) is 4.84. The fraction of sp³-hybridized carbons (Fsp3) is 0.739. The number of phenols is 2. The molecule has 0 spiro atoms. The van der Waals surface area contributed by atoms with Crippen molar-refractivity contribution in [2.75, 3.05) is 0 Å². The lowest BCUT2D eigenvalue weighted by atomic mass is 9.88. The first-order valence-electron chi connectivity index (χ1n) is 10.0.